The predicted octanol–water partition coefficient (Wildman–Crippen LogP) is 6.30. The molecule has 0 spiro atoms. The molecule has 134 valence electrons. The molecule has 1 aromatic heterocycles. The third kappa shape index (κ3) is 3.76. The average molecular weight is 340 g/mol. The molecule has 3 heteroatoms. The van der Waals surface area contributed by atoms with Gasteiger partial charge >= 0.3 is 0 Å². The summed E-state index contributed by atoms with van der Waals surface area (Å²) >= 11 is 0. The van der Waals surface area contributed by atoms with Gasteiger partial charge in [-0.15, -0.1) is 0 Å². The van der Waals surface area contributed by atoms with Gasteiger partial charge in [-0.05, 0) is 62.8 Å². The Balaban J connectivity index is 2.08. The molecule has 0 bridgehead atoms. The summed E-state index contributed by atoms with van der Waals surface area (Å²) in [5.74, 6) is 1.11. The highest BCUT2D eigenvalue weighted by atomic mass is 16.3. The minimum absolute atomic E-state index is 0.0622. The van der Waals surface area contributed by atoms with E-state index in [1.54, 1.807) is 6.26 Å². The summed E-state index contributed by atoms with van der Waals surface area (Å²) in [6.45, 7) is 4.29. The van der Waals surface area contributed by atoms with Crippen molar-refractivity contribution in [2.45, 2.75) is 64.7 Å². The topological polar surface area (TPSA) is 53.6 Å². The van der Waals surface area contributed by atoms with E-state index in [1.165, 1.54) is 5.57 Å². The van der Waals surface area contributed by atoms with Crippen LogP contribution in [0.25, 0.3) is 11.3 Å². The molecule has 0 saturated heterocycles. The lowest BCUT2D eigenvalue weighted by atomic mass is 9.83. The summed E-state index contributed by atoms with van der Waals surface area (Å²) in [6, 6.07) is 5.54. The van der Waals surface area contributed by atoms with E-state index in [1.807, 2.05) is 18.2 Å². The van der Waals surface area contributed by atoms with E-state index in [0.717, 1.165) is 56.1 Å². The van der Waals surface area contributed by atoms with Crippen molar-refractivity contribution in [2.24, 2.45) is 0 Å². The second kappa shape index (κ2) is 7.81. The number of phenols is 2. The number of unbranched alkanes of at least 4 members (excludes halogenated alkanes) is 2. The fraction of sp³-hybridized carbons (Fsp3) is 0.455. The number of phenolic OH excluding ortho intramolecular Hbond substituents is 2. The van der Waals surface area contributed by atoms with Crippen LogP contribution in [0, 0.1) is 0 Å². The smallest absolute Gasteiger partial charge is 0.137 e. The molecular formula is C22H28O3. The number of furan rings is 1. The van der Waals surface area contributed by atoms with Gasteiger partial charge in [-0.25, -0.2) is 0 Å². The van der Waals surface area contributed by atoms with E-state index in [4.69, 9.17) is 4.42 Å². The number of aryl methyl sites for hydroxylation is 1. The van der Waals surface area contributed by atoms with Crippen molar-refractivity contribution in [3.05, 3.63) is 47.2 Å². The normalized spacial score (nSPS) is 17.5. The summed E-state index contributed by atoms with van der Waals surface area (Å²) in [5.41, 5.74) is 3.66. The molecule has 1 aliphatic carbocycles. The van der Waals surface area contributed by atoms with Crippen LogP contribution in [0.15, 0.2) is 40.5 Å². The zero-order valence-electron chi connectivity index (χ0n) is 15.2. The lowest BCUT2D eigenvalue weighted by molar-refractivity contribution is 0.427. The fourth-order valence-electron chi connectivity index (χ4n) is 3.89. The lowest BCUT2D eigenvalue weighted by Crippen LogP contribution is -2.05. The van der Waals surface area contributed by atoms with Crippen LogP contribution in [0.5, 0.6) is 11.5 Å². The van der Waals surface area contributed by atoms with Crippen molar-refractivity contribution >= 4 is 0 Å². The number of benzene rings is 1. The largest absolute Gasteiger partial charge is 0.507 e. The second-order valence-electron chi connectivity index (χ2n) is 7.14. The van der Waals surface area contributed by atoms with Crippen LogP contribution in [0.2, 0.25) is 0 Å². The SMILES string of the molecule is CCCCCc1cc(O)c(C2C=C(C)CCC2)c(O)c1-c1ccco1. The molecule has 3 rings (SSSR count). The maximum Gasteiger partial charge on any atom is 0.137 e. The van der Waals surface area contributed by atoms with Gasteiger partial charge in [0, 0.05) is 11.5 Å². The molecule has 1 heterocycles. The summed E-state index contributed by atoms with van der Waals surface area (Å²) < 4.78 is 5.59. The molecule has 0 saturated carbocycles. The van der Waals surface area contributed by atoms with E-state index in [9.17, 15) is 10.2 Å². The van der Waals surface area contributed by atoms with Crippen molar-refractivity contribution in [3.63, 3.8) is 0 Å². The molecular weight excluding hydrogens is 312 g/mol. The monoisotopic (exact) mass is 340 g/mol. The number of hydrogen-bond acceptors (Lipinski definition) is 3. The van der Waals surface area contributed by atoms with Crippen LogP contribution >= 0.6 is 0 Å². The molecule has 2 N–H and O–H groups in total. The summed E-state index contributed by atoms with van der Waals surface area (Å²) in [6.07, 6.45) is 11.1. The first-order valence-corrected chi connectivity index (χ1v) is 9.40. The van der Waals surface area contributed by atoms with Crippen molar-refractivity contribution in [1.29, 1.82) is 0 Å². The van der Waals surface area contributed by atoms with Gasteiger partial charge in [-0.3, -0.25) is 0 Å². The average Bonchev–Trinajstić information content (AvgIpc) is 3.09. The Labute approximate surface area is 150 Å². The number of allylic oxidation sites excluding steroid dienone is 2. The third-order valence-corrected chi connectivity index (χ3v) is 5.16. The molecule has 0 amide bonds. The molecule has 0 aliphatic heterocycles. The number of rotatable bonds is 6. The van der Waals surface area contributed by atoms with Gasteiger partial charge in [0.2, 0.25) is 0 Å². The summed E-state index contributed by atoms with van der Waals surface area (Å²) in [4.78, 5) is 0. The van der Waals surface area contributed by atoms with Crippen molar-refractivity contribution in [1.82, 2.24) is 0 Å². The Morgan fingerprint density at radius 3 is 2.76 bits per heavy atom. The van der Waals surface area contributed by atoms with Gasteiger partial charge in [0.05, 0.1) is 11.8 Å². The molecule has 1 atom stereocenters. The first-order chi connectivity index (χ1) is 12.1. The minimum Gasteiger partial charge on any atom is -0.507 e. The molecule has 25 heavy (non-hydrogen) atoms. The zero-order chi connectivity index (χ0) is 17.8. The highest BCUT2D eigenvalue weighted by molar-refractivity contribution is 5.75. The third-order valence-electron chi connectivity index (χ3n) is 5.16. The zero-order valence-corrected chi connectivity index (χ0v) is 15.2. The molecule has 3 nitrogen and oxygen atoms in total. The van der Waals surface area contributed by atoms with Gasteiger partial charge in [-0.2, -0.15) is 0 Å². The Bertz CT molecular complexity index is 741. The molecule has 1 aliphatic rings. The Kier molecular flexibility index (Phi) is 5.52. The minimum atomic E-state index is 0.0622. The van der Waals surface area contributed by atoms with Gasteiger partial charge in [-0.1, -0.05) is 31.4 Å². The quantitative estimate of drug-likeness (QED) is 0.479. The second-order valence-corrected chi connectivity index (χ2v) is 7.14. The number of aromatic hydroxyl groups is 2. The Hall–Kier alpha value is -2.16. The molecule has 1 aromatic carbocycles. The van der Waals surface area contributed by atoms with E-state index >= 15 is 0 Å². The van der Waals surface area contributed by atoms with Crippen LogP contribution in [-0.2, 0) is 6.42 Å². The van der Waals surface area contributed by atoms with Crippen LogP contribution in [0.3, 0.4) is 0 Å². The van der Waals surface area contributed by atoms with E-state index in [0.29, 0.717) is 11.3 Å². The molecule has 0 fully saturated rings. The first-order valence-electron chi connectivity index (χ1n) is 9.40. The van der Waals surface area contributed by atoms with Gasteiger partial charge in [0.1, 0.15) is 17.3 Å². The fourth-order valence-corrected chi connectivity index (χ4v) is 3.89. The van der Waals surface area contributed by atoms with Crippen LogP contribution in [0.1, 0.15) is 69.4 Å². The molecule has 2 aromatic rings. The van der Waals surface area contributed by atoms with Crippen LogP contribution in [-0.4, -0.2) is 10.2 Å². The first kappa shape index (κ1) is 17.7. The van der Waals surface area contributed by atoms with Gasteiger partial charge in [0.15, 0.2) is 0 Å². The van der Waals surface area contributed by atoms with Crippen LogP contribution in [0.4, 0.5) is 0 Å². The van der Waals surface area contributed by atoms with E-state index < -0.39 is 0 Å². The Morgan fingerprint density at radius 1 is 1.24 bits per heavy atom. The summed E-state index contributed by atoms with van der Waals surface area (Å²) in [5, 5.41) is 21.7. The molecule has 0 radical (unpaired) electrons. The number of hydrogen-bond donors (Lipinski definition) is 2. The molecule has 1 unspecified atom stereocenters. The van der Waals surface area contributed by atoms with E-state index in [-0.39, 0.29) is 17.4 Å². The van der Waals surface area contributed by atoms with E-state index in [2.05, 4.69) is 19.9 Å². The van der Waals surface area contributed by atoms with Gasteiger partial charge in [0.25, 0.3) is 0 Å². The van der Waals surface area contributed by atoms with Crippen LogP contribution < -0.4 is 0 Å². The Morgan fingerprint density at radius 2 is 2.08 bits per heavy atom. The van der Waals surface area contributed by atoms with Crippen molar-refractivity contribution < 1.29 is 14.6 Å². The van der Waals surface area contributed by atoms with Gasteiger partial charge < -0.3 is 14.6 Å². The highest BCUT2D eigenvalue weighted by Crippen LogP contribution is 2.47. The summed E-state index contributed by atoms with van der Waals surface area (Å²) in [7, 11) is 0. The maximum atomic E-state index is 11.1. The van der Waals surface area contributed by atoms with Crippen molar-refractivity contribution in [2.75, 3.05) is 0 Å². The highest BCUT2D eigenvalue weighted by Gasteiger charge is 2.26. The standard InChI is InChI=1S/C22H28O3/c1-3-4-5-9-17-14-18(23)20(16-10-6-8-15(2)13-16)22(24)21(17)19-11-7-12-25-19/h7,11-14,16,23-24H,3-6,8-10H2,1-2H3. The lowest BCUT2D eigenvalue weighted by Gasteiger charge is -2.24. The maximum absolute atomic E-state index is 11.1. The predicted molar refractivity (Wildman–Crippen MR) is 101 cm³/mol. The van der Waals surface area contributed by atoms with Crippen molar-refractivity contribution in [3.8, 4) is 22.8 Å².